The number of benzene rings is 1. The molecule has 0 radical (unpaired) electrons. The maximum Gasteiger partial charge on any atom is 0.319 e. The van der Waals surface area contributed by atoms with E-state index in [1.54, 1.807) is 18.5 Å². The lowest BCUT2D eigenvalue weighted by molar-refractivity contribution is 0.0796. The first-order chi connectivity index (χ1) is 12.1. The molecule has 1 aromatic carbocycles. The second kappa shape index (κ2) is 6.26. The van der Waals surface area contributed by atoms with Gasteiger partial charge in [-0.15, -0.1) is 0 Å². The van der Waals surface area contributed by atoms with E-state index >= 15 is 0 Å². The first-order valence-corrected chi connectivity index (χ1v) is 8.71. The predicted molar refractivity (Wildman–Crippen MR) is 97.4 cm³/mol. The molecule has 0 N–H and O–H groups in total. The summed E-state index contributed by atoms with van der Waals surface area (Å²) in [5.41, 5.74) is 2.11. The minimum absolute atomic E-state index is 0.529. The van der Waals surface area contributed by atoms with Crippen LogP contribution in [0.15, 0.2) is 36.7 Å². The summed E-state index contributed by atoms with van der Waals surface area (Å²) in [7, 11) is 0. The third-order valence-electron chi connectivity index (χ3n) is 5.19. The van der Waals surface area contributed by atoms with Crippen molar-refractivity contribution < 1.29 is 8.78 Å². The van der Waals surface area contributed by atoms with Crippen LogP contribution in [0, 0.1) is 0 Å². The fourth-order valence-electron chi connectivity index (χ4n) is 3.79. The van der Waals surface area contributed by atoms with Gasteiger partial charge in [-0.2, -0.15) is 8.78 Å². The van der Waals surface area contributed by atoms with Crippen molar-refractivity contribution in [3.05, 3.63) is 36.7 Å². The average Bonchev–Trinajstić information content (AvgIpc) is 2.95. The van der Waals surface area contributed by atoms with Gasteiger partial charge < -0.3 is 4.90 Å². The van der Waals surface area contributed by atoms with Crippen molar-refractivity contribution in [2.75, 3.05) is 31.1 Å². The summed E-state index contributed by atoms with van der Waals surface area (Å²) in [6.45, 7) is 5.67. The number of fused-ring (bicyclic) bond motifs is 3. The molecule has 1 aliphatic rings. The molecule has 1 saturated heterocycles. The molecule has 4 nitrogen and oxygen atoms in total. The van der Waals surface area contributed by atoms with E-state index in [0.29, 0.717) is 17.1 Å². The topological polar surface area (TPSA) is 24.3 Å². The van der Waals surface area contributed by atoms with Crippen LogP contribution in [0.1, 0.15) is 20.4 Å². The highest BCUT2D eigenvalue weighted by atomic mass is 19.3. The summed E-state index contributed by atoms with van der Waals surface area (Å²) in [5, 5.41) is 1.60. The molecule has 0 bridgehead atoms. The number of hydrogen-bond acceptors (Lipinski definition) is 3. The van der Waals surface area contributed by atoms with Gasteiger partial charge in [0.25, 0.3) is 0 Å². The summed E-state index contributed by atoms with van der Waals surface area (Å²) in [5.74, 6) is 0. The quantitative estimate of drug-likeness (QED) is 0.714. The zero-order valence-electron chi connectivity index (χ0n) is 14.5. The summed E-state index contributed by atoms with van der Waals surface area (Å²) < 4.78 is 28.5. The first kappa shape index (κ1) is 16.3. The van der Waals surface area contributed by atoms with Gasteiger partial charge in [-0.25, -0.2) is 0 Å². The summed E-state index contributed by atoms with van der Waals surface area (Å²) in [6, 6.07) is 8.08. The molecule has 4 rings (SSSR count). The molecule has 25 heavy (non-hydrogen) atoms. The van der Waals surface area contributed by atoms with Gasteiger partial charge in [-0.1, -0.05) is 6.07 Å². The van der Waals surface area contributed by atoms with Crippen LogP contribution in [-0.2, 0) is 0 Å². The van der Waals surface area contributed by atoms with E-state index < -0.39 is 6.55 Å². The zero-order valence-corrected chi connectivity index (χ0v) is 14.5. The molecule has 0 aliphatic carbocycles. The Morgan fingerprint density at radius 3 is 2.40 bits per heavy atom. The standard InChI is InChI=1S/C19H22F2N4/c1-13(2)23-7-9-24(10-8-23)14-3-4-15-16-12-22-6-5-17(16)25(19(20)21)18(15)11-14/h3-6,11-13,19H,7-10H2,1-2H3. The molecule has 132 valence electrons. The van der Waals surface area contributed by atoms with Crippen LogP contribution in [0.25, 0.3) is 21.8 Å². The molecule has 1 aliphatic heterocycles. The Labute approximate surface area is 145 Å². The Hall–Kier alpha value is -2.21. The highest BCUT2D eigenvalue weighted by molar-refractivity contribution is 6.08. The predicted octanol–water partition coefficient (Wildman–Crippen LogP) is 4.12. The van der Waals surface area contributed by atoms with Crippen LogP contribution < -0.4 is 4.90 Å². The second-order valence-electron chi connectivity index (χ2n) is 6.86. The van der Waals surface area contributed by atoms with Gasteiger partial charge in [0.1, 0.15) is 0 Å². The van der Waals surface area contributed by atoms with Crippen LogP contribution in [0.3, 0.4) is 0 Å². The second-order valence-corrected chi connectivity index (χ2v) is 6.86. The molecule has 0 unspecified atom stereocenters. The molecule has 6 heteroatoms. The van der Waals surface area contributed by atoms with Crippen LogP contribution in [-0.4, -0.2) is 46.7 Å². The number of anilines is 1. The fraction of sp³-hybridized carbons (Fsp3) is 0.421. The zero-order chi connectivity index (χ0) is 17.6. The van der Waals surface area contributed by atoms with Gasteiger partial charge in [0.15, 0.2) is 0 Å². The Morgan fingerprint density at radius 1 is 0.960 bits per heavy atom. The van der Waals surface area contributed by atoms with Crippen LogP contribution in [0.4, 0.5) is 14.5 Å². The van der Waals surface area contributed by atoms with Gasteiger partial charge in [0.2, 0.25) is 0 Å². The lowest BCUT2D eigenvalue weighted by Gasteiger charge is -2.38. The number of rotatable bonds is 3. The van der Waals surface area contributed by atoms with Crippen molar-refractivity contribution in [1.29, 1.82) is 0 Å². The molecule has 2 aromatic heterocycles. The van der Waals surface area contributed by atoms with Crippen molar-refractivity contribution >= 4 is 27.5 Å². The number of aromatic nitrogens is 2. The Bertz CT molecular complexity index is 895. The van der Waals surface area contributed by atoms with Crippen molar-refractivity contribution in [1.82, 2.24) is 14.5 Å². The van der Waals surface area contributed by atoms with Crippen LogP contribution in [0.5, 0.6) is 0 Å². The normalized spacial score (nSPS) is 16.6. The third kappa shape index (κ3) is 2.74. The van der Waals surface area contributed by atoms with Gasteiger partial charge in [-0.3, -0.25) is 14.5 Å². The molecule has 0 atom stereocenters. The number of pyridine rings is 1. The Balaban J connectivity index is 1.75. The van der Waals surface area contributed by atoms with Crippen LogP contribution in [0.2, 0.25) is 0 Å². The molecule has 1 fully saturated rings. The Morgan fingerprint density at radius 2 is 1.72 bits per heavy atom. The van der Waals surface area contributed by atoms with E-state index in [9.17, 15) is 8.78 Å². The molecule has 0 saturated carbocycles. The SMILES string of the molecule is CC(C)N1CCN(c2ccc3c4cnccc4n(C(F)F)c3c2)CC1. The third-order valence-corrected chi connectivity index (χ3v) is 5.19. The van der Waals surface area contributed by atoms with E-state index in [-0.39, 0.29) is 0 Å². The van der Waals surface area contributed by atoms with Gasteiger partial charge in [0.05, 0.1) is 11.0 Å². The van der Waals surface area contributed by atoms with Crippen LogP contribution >= 0.6 is 0 Å². The van der Waals surface area contributed by atoms with Crippen molar-refractivity contribution in [3.63, 3.8) is 0 Å². The monoisotopic (exact) mass is 344 g/mol. The number of alkyl halides is 2. The minimum atomic E-state index is -2.57. The van der Waals surface area contributed by atoms with E-state index in [0.717, 1.165) is 47.2 Å². The highest BCUT2D eigenvalue weighted by Crippen LogP contribution is 2.34. The van der Waals surface area contributed by atoms with E-state index in [1.807, 2.05) is 18.2 Å². The van der Waals surface area contributed by atoms with E-state index in [1.165, 1.54) is 0 Å². The molecular weight excluding hydrogens is 322 g/mol. The van der Waals surface area contributed by atoms with Crippen molar-refractivity contribution in [2.45, 2.75) is 26.4 Å². The largest absolute Gasteiger partial charge is 0.369 e. The Kier molecular flexibility index (Phi) is 4.07. The van der Waals surface area contributed by atoms with Crippen molar-refractivity contribution in [2.24, 2.45) is 0 Å². The maximum atomic E-state index is 13.7. The summed E-state index contributed by atoms with van der Waals surface area (Å²) >= 11 is 0. The number of halogens is 2. The summed E-state index contributed by atoms with van der Waals surface area (Å²) in [4.78, 5) is 8.82. The smallest absolute Gasteiger partial charge is 0.319 e. The molecular formula is C19H22F2N4. The van der Waals surface area contributed by atoms with Gasteiger partial charge >= 0.3 is 6.55 Å². The van der Waals surface area contributed by atoms with Gasteiger partial charge in [0, 0.05) is 61.1 Å². The van der Waals surface area contributed by atoms with Crippen molar-refractivity contribution in [3.8, 4) is 0 Å². The minimum Gasteiger partial charge on any atom is -0.369 e. The number of nitrogens with zero attached hydrogens (tertiary/aromatic N) is 4. The molecule has 3 aromatic rings. The molecule has 3 heterocycles. The number of hydrogen-bond donors (Lipinski definition) is 0. The van der Waals surface area contributed by atoms with E-state index in [4.69, 9.17) is 0 Å². The molecule has 0 spiro atoms. The first-order valence-electron chi connectivity index (χ1n) is 8.71. The number of piperazine rings is 1. The summed E-state index contributed by atoms with van der Waals surface area (Å²) in [6.07, 6.45) is 3.23. The van der Waals surface area contributed by atoms with Gasteiger partial charge in [-0.05, 0) is 32.0 Å². The molecule has 0 amide bonds. The van der Waals surface area contributed by atoms with E-state index in [2.05, 4.69) is 28.6 Å². The maximum absolute atomic E-state index is 13.7. The lowest BCUT2D eigenvalue weighted by Crippen LogP contribution is -2.48. The lowest BCUT2D eigenvalue weighted by atomic mass is 10.1. The highest BCUT2D eigenvalue weighted by Gasteiger charge is 2.21. The average molecular weight is 344 g/mol. The fourth-order valence-corrected chi connectivity index (χ4v) is 3.79.